The minimum Gasteiger partial charge on any atom is -0.271 e. The van der Waals surface area contributed by atoms with E-state index in [9.17, 15) is 9.59 Å². The van der Waals surface area contributed by atoms with Crippen molar-refractivity contribution in [3.63, 3.8) is 0 Å². The molecule has 9 heteroatoms. The molecule has 172 valence electrons. The summed E-state index contributed by atoms with van der Waals surface area (Å²) in [5.41, 5.74) is 3.53. The van der Waals surface area contributed by atoms with E-state index in [4.69, 9.17) is 21.6 Å². The van der Waals surface area contributed by atoms with E-state index in [0.717, 1.165) is 16.8 Å². The number of fused-ring (bicyclic) bond motifs is 4. The molecule has 2 aliphatic heterocycles. The Labute approximate surface area is 209 Å². The maximum atomic E-state index is 13.5. The maximum Gasteiger partial charge on any atom is 0.259 e. The van der Waals surface area contributed by atoms with Gasteiger partial charge in [0.15, 0.2) is 5.17 Å². The van der Waals surface area contributed by atoms with Gasteiger partial charge in [0.25, 0.3) is 11.5 Å². The molecule has 2 aliphatic rings. The number of para-hydroxylation sites is 1. The Hall–Kier alpha value is -3.75. The average molecular weight is 500 g/mol. The van der Waals surface area contributed by atoms with E-state index in [1.165, 1.54) is 22.2 Å². The summed E-state index contributed by atoms with van der Waals surface area (Å²) in [6, 6.07) is 21.9. The molecular formula is C26H18ClN5O2S. The van der Waals surface area contributed by atoms with E-state index in [1.54, 1.807) is 23.2 Å². The number of amides is 1. The minimum atomic E-state index is -0.516. The van der Waals surface area contributed by atoms with Crippen LogP contribution in [0, 0.1) is 0 Å². The standard InChI is InChI=1S/C26H18ClN5O2S/c27-17-10-11-22-28-18(13-23(33)31(22)14-17)15-35-26-30-20-9-5-4-8-19(20)24-29-21(25(34)32(24)26)12-16-6-2-1-3-7-16/h1-11,13-14,21H,12,15H2/t21-/m0/s1. The molecule has 6 rings (SSSR count). The van der Waals surface area contributed by atoms with Crippen molar-refractivity contribution in [2.45, 2.75) is 18.2 Å². The van der Waals surface area contributed by atoms with Crippen molar-refractivity contribution in [3.8, 4) is 0 Å². The zero-order valence-electron chi connectivity index (χ0n) is 18.3. The van der Waals surface area contributed by atoms with Gasteiger partial charge in [0, 0.05) is 30.0 Å². The van der Waals surface area contributed by atoms with Gasteiger partial charge in [0.1, 0.15) is 17.5 Å². The van der Waals surface area contributed by atoms with Crippen LogP contribution in [0.3, 0.4) is 0 Å². The smallest absolute Gasteiger partial charge is 0.259 e. The lowest BCUT2D eigenvalue weighted by molar-refractivity contribution is -0.124. The number of hydrogen-bond donors (Lipinski definition) is 0. The van der Waals surface area contributed by atoms with Crippen molar-refractivity contribution in [2.24, 2.45) is 9.98 Å². The SMILES string of the molecule is O=C1[C@H](Cc2ccccc2)N=C2c3ccccc3N=C(SCc3cc(=O)n4cc(Cl)ccc4n3)N12. The predicted molar refractivity (Wildman–Crippen MR) is 139 cm³/mol. The topological polar surface area (TPSA) is 79.4 Å². The molecule has 0 spiro atoms. The summed E-state index contributed by atoms with van der Waals surface area (Å²) in [6.07, 6.45) is 2.06. The number of carbonyl (C=O) groups excluding carboxylic acids is 1. The third kappa shape index (κ3) is 4.05. The van der Waals surface area contributed by atoms with Crippen molar-refractivity contribution in [2.75, 3.05) is 0 Å². The first-order valence-electron chi connectivity index (χ1n) is 11.0. The van der Waals surface area contributed by atoms with Gasteiger partial charge in [-0.1, -0.05) is 65.8 Å². The van der Waals surface area contributed by atoms with E-state index < -0.39 is 6.04 Å². The van der Waals surface area contributed by atoms with Crippen molar-refractivity contribution >= 4 is 51.6 Å². The number of aromatic nitrogens is 2. The number of carbonyl (C=O) groups is 1. The molecule has 2 aromatic carbocycles. The molecule has 4 heterocycles. The van der Waals surface area contributed by atoms with Gasteiger partial charge in [-0.2, -0.15) is 0 Å². The maximum absolute atomic E-state index is 13.5. The number of amidine groups is 2. The minimum absolute atomic E-state index is 0.106. The lowest BCUT2D eigenvalue weighted by Gasteiger charge is -2.25. The highest BCUT2D eigenvalue weighted by Gasteiger charge is 2.41. The predicted octanol–water partition coefficient (Wildman–Crippen LogP) is 4.48. The zero-order valence-corrected chi connectivity index (χ0v) is 19.9. The lowest BCUT2D eigenvalue weighted by Crippen LogP contribution is -2.41. The van der Waals surface area contributed by atoms with Crippen LogP contribution in [-0.4, -0.2) is 37.2 Å². The molecule has 0 saturated heterocycles. The Morgan fingerprint density at radius 2 is 1.77 bits per heavy atom. The van der Waals surface area contributed by atoms with Gasteiger partial charge in [-0.05, 0) is 29.8 Å². The van der Waals surface area contributed by atoms with E-state index in [1.807, 2.05) is 54.6 Å². The molecule has 0 aliphatic carbocycles. The highest BCUT2D eigenvalue weighted by atomic mass is 35.5. The fourth-order valence-electron chi connectivity index (χ4n) is 4.21. The van der Waals surface area contributed by atoms with Crippen molar-refractivity contribution < 1.29 is 4.79 Å². The number of nitrogens with zero attached hydrogens (tertiary/aromatic N) is 5. The Morgan fingerprint density at radius 1 is 0.971 bits per heavy atom. The molecule has 2 aromatic heterocycles. The van der Waals surface area contributed by atoms with Crippen molar-refractivity contribution in [3.05, 3.63) is 111 Å². The third-order valence-corrected chi connectivity index (χ3v) is 7.04. The van der Waals surface area contributed by atoms with Gasteiger partial charge in [-0.25, -0.2) is 14.9 Å². The molecule has 0 N–H and O–H groups in total. The zero-order chi connectivity index (χ0) is 23.9. The van der Waals surface area contributed by atoms with E-state index >= 15 is 0 Å². The largest absolute Gasteiger partial charge is 0.271 e. The van der Waals surface area contributed by atoms with Crippen LogP contribution in [0.1, 0.15) is 16.8 Å². The summed E-state index contributed by atoms with van der Waals surface area (Å²) in [4.78, 5) is 41.8. The molecule has 0 fully saturated rings. The molecule has 0 saturated carbocycles. The second-order valence-corrected chi connectivity index (χ2v) is 9.57. The summed E-state index contributed by atoms with van der Waals surface area (Å²) >= 11 is 7.37. The van der Waals surface area contributed by atoms with Crippen LogP contribution in [0.25, 0.3) is 5.65 Å². The molecule has 0 bridgehead atoms. The average Bonchev–Trinajstić information content (AvgIpc) is 3.20. The summed E-state index contributed by atoms with van der Waals surface area (Å²) in [5, 5.41) is 0.990. The first-order chi connectivity index (χ1) is 17.1. The molecule has 0 radical (unpaired) electrons. The summed E-state index contributed by atoms with van der Waals surface area (Å²) < 4.78 is 1.41. The Bertz CT molecular complexity index is 1600. The van der Waals surface area contributed by atoms with E-state index in [2.05, 4.69) is 4.98 Å². The fourth-order valence-corrected chi connectivity index (χ4v) is 5.26. The first kappa shape index (κ1) is 21.8. The number of aliphatic imine (C=N–C) groups is 2. The van der Waals surface area contributed by atoms with Gasteiger partial charge in [-0.3, -0.25) is 19.0 Å². The summed E-state index contributed by atoms with van der Waals surface area (Å²) in [6.45, 7) is 0. The second-order valence-electron chi connectivity index (χ2n) is 8.19. The highest BCUT2D eigenvalue weighted by molar-refractivity contribution is 8.13. The van der Waals surface area contributed by atoms with Crippen molar-refractivity contribution in [1.29, 1.82) is 0 Å². The fraction of sp³-hybridized carbons (Fsp3) is 0.115. The quantitative estimate of drug-likeness (QED) is 0.414. The summed E-state index contributed by atoms with van der Waals surface area (Å²) in [7, 11) is 0. The molecule has 35 heavy (non-hydrogen) atoms. The normalized spacial score (nSPS) is 16.7. The molecule has 1 atom stereocenters. The molecule has 1 amide bonds. The molecular weight excluding hydrogens is 482 g/mol. The Kier molecular flexibility index (Phi) is 5.47. The lowest BCUT2D eigenvalue weighted by atomic mass is 10.1. The van der Waals surface area contributed by atoms with Crippen LogP contribution in [0.4, 0.5) is 5.69 Å². The highest BCUT2D eigenvalue weighted by Crippen LogP contribution is 2.34. The van der Waals surface area contributed by atoms with Crippen LogP contribution in [0.5, 0.6) is 0 Å². The van der Waals surface area contributed by atoms with Crippen LogP contribution < -0.4 is 5.56 Å². The van der Waals surface area contributed by atoms with Gasteiger partial charge in [0.2, 0.25) is 0 Å². The number of pyridine rings is 1. The van der Waals surface area contributed by atoms with Crippen LogP contribution in [0.15, 0.2) is 93.8 Å². The number of thioether (sulfide) groups is 1. The van der Waals surface area contributed by atoms with Crippen molar-refractivity contribution in [1.82, 2.24) is 14.3 Å². The van der Waals surface area contributed by atoms with E-state index in [-0.39, 0.29) is 11.5 Å². The monoisotopic (exact) mass is 499 g/mol. The number of rotatable bonds is 4. The number of halogens is 1. The Morgan fingerprint density at radius 3 is 2.63 bits per heavy atom. The first-order valence-corrected chi connectivity index (χ1v) is 12.4. The van der Waals surface area contributed by atoms with Gasteiger partial charge < -0.3 is 0 Å². The number of benzene rings is 2. The van der Waals surface area contributed by atoms with Gasteiger partial charge >= 0.3 is 0 Å². The summed E-state index contributed by atoms with van der Waals surface area (Å²) in [5.74, 6) is 0.881. The number of hydrogen-bond acceptors (Lipinski definition) is 6. The van der Waals surface area contributed by atoms with Crippen LogP contribution in [0.2, 0.25) is 5.02 Å². The third-order valence-electron chi connectivity index (χ3n) is 5.85. The van der Waals surface area contributed by atoms with Crippen LogP contribution >= 0.6 is 23.4 Å². The van der Waals surface area contributed by atoms with E-state index in [0.29, 0.717) is 39.5 Å². The second kappa shape index (κ2) is 8.79. The molecule has 4 aromatic rings. The van der Waals surface area contributed by atoms with Gasteiger partial charge in [-0.15, -0.1) is 0 Å². The molecule has 0 unspecified atom stereocenters. The van der Waals surface area contributed by atoms with Crippen LogP contribution in [-0.2, 0) is 17.0 Å². The van der Waals surface area contributed by atoms with Gasteiger partial charge in [0.05, 0.1) is 16.4 Å². The Balaban J connectivity index is 1.32. The molecule has 7 nitrogen and oxygen atoms in total.